The molecule has 2 heteroatoms. The lowest BCUT2D eigenvalue weighted by atomic mass is 10.1. The van der Waals surface area contributed by atoms with Crippen LogP contribution in [-0.2, 0) is 19.6 Å². The van der Waals surface area contributed by atoms with Gasteiger partial charge in [-0.2, -0.15) is 0 Å². The maximum atomic E-state index is 3.52. The van der Waals surface area contributed by atoms with Crippen LogP contribution in [0, 0.1) is 5.92 Å². The van der Waals surface area contributed by atoms with Gasteiger partial charge >= 0.3 is 0 Å². The van der Waals surface area contributed by atoms with Gasteiger partial charge < -0.3 is 10.6 Å². The molecule has 0 spiro atoms. The molecular formula is C14H22N2. The second-order valence-electron chi connectivity index (χ2n) is 4.85. The van der Waals surface area contributed by atoms with Crippen LogP contribution in [0.25, 0.3) is 0 Å². The van der Waals surface area contributed by atoms with Gasteiger partial charge in [0, 0.05) is 19.6 Å². The van der Waals surface area contributed by atoms with E-state index >= 15 is 0 Å². The third-order valence-corrected chi connectivity index (χ3v) is 3.42. The Morgan fingerprint density at radius 2 is 2.12 bits per heavy atom. The van der Waals surface area contributed by atoms with Crippen molar-refractivity contribution in [2.45, 2.75) is 39.9 Å². The van der Waals surface area contributed by atoms with Gasteiger partial charge in [0.05, 0.1) is 0 Å². The molecule has 1 aromatic carbocycles. The third-order valence-electron chi connectivity index (χ3n) is 3.42. The van der Waals surface area contributed by atoms with Crippen molar-refractivity contribution in [3.8, 4) is 0 Å². The first kappa shape index (κ1) is 11.6. The molecule has 16 heavy (non-hydrogen) atoms. The van der Waals surface area contributed by atoms with E-state index in [1.807, 2.05) is 0 Å². The molecule has 1 aliphatic heterocycles. The predicted octanol–water partition coefficient (Wildman–Crippen LogP) is 2.43. The first-order valence-electron chi connectivity index (χ1n) is 6.31. The van der Waals surface area contributed by atoms with Crippen molar-refractivity contribution in [2.75, 3.05) is 6.54 Å². The minimum absolute atomic E-state index is 0.774. The Labute approximate surface area is 98.4 Å². The maximum absolute atomic E-state index is 3.52. The molecule has 1 unspecified atom stereocenters. The molecule has 88 valence electrons. The molecule has 0 aliphatic carbocycles. The molecule has 1 aliphatic rings. The highest BCUT2D eigenvalue weighted by Crippen LogP contribution is 2.16. The third kappa shape index (κ3) is 2.83. The minimum Gasteiger partial charge on any atom is -0.312 e. The second kappa shape index (κ2) is 5.46. The number of hydrogen-bond donors (Lipinski definition) is 2. The van der Waals surface area contributed by atoms with E-state index in [9.17, 15) is 0 Å². The fourth-order valence-corrected chi connectivity index (χ4v) is 2.07. The standard InChI is InChI=1S/C14H22N2/c1-3-11(2)7-15-8-12-4-5-13-9-16-10-14(13)6-12/h4-6,11,15-16H,3,7-10H2,1-2H3. The van der Waals surface area contributed by atoms with Gasteiger partial charge in [0.15, 0.2) is 0 Å². The fourth-order valence-electron chi connectivity index (χ4n) is 2.07. The average Bonchev–Trinajstić information content (AvgIpc) is 2.76. The van der Waals surface area contributed by atoms with Gasteiger partial charge in [0.1, 0.15) is 0 Å². The van der Waals surface area contributed by atoms with Gasteiger partial charge in [-0.15, -0.1) is 0 Å². The Hall–Kier alpha value is -0.860. The fraction of sp³-hybridized carbons (Fsp3) is 0.571. The van der Waals surface area contributed by atoms with Crippen LogP contribution < -0.4 is 10.6 Å². The van der Waals surface area contributed by atoms with E-state index in [0.29, 0.717) is 0 Å². The summed E-state index contributed by atoms with van der Waals surface area (Å²) in [4.78, 5) is 0. The normalized spacial score (nSPS) is 16.1. The van der Waals surface area contributed by atoms with Crippen LogP contribution in [0.4, 0.5) is 0 Å². The average molecular weight is 218 g/mol. The molecule has 2 nitrogen and oxygen atoms in total. The number of rotatable bonds is 5. The van der Waals surface area contributed by atoms with Crippen molar-refractivity contribution in [3.05, 3.63) is 34.9 Å². The summed E-state index contributed by atoms with van der Waals surface area (Å²) in [6.07, 6.45) is 1.25. The number of fused-ring (bicyclic) bond motifs is 1. The van der Waals surface area contributed by atoms with Crippen LogP contribution in [-0.4, -0.2) is 6.54 Å². The Bertz CT molecular complexity index is 347. The van der Waals surface area contributed by atoms with E-state index in [0.717, 1.165) is 32.1 Å². The lowest BCUT2D eigenvalue weighted by Gasteiger charge is -2.10. The highest BCUT2D eigenvalue weighted by atomic mass is 14.9. The van der Waals surface area contributed by atoms with E-state index in [1.54, 1.807) is 0 Å². The number of hydrogen-bond acceptors (Lipinski definition) is 2. The molecule has 1 atom stereocenters. The van der Waals surface area contributed by atoms with Crippen molar-refractivity contribution in [3.63, 3.8) is 0 Å². The maximum Gasteiger partial charge on any atom is 0.0212 e. The van der Waals surface area contributed by atoms with Crippen LogP contribution in [0.5, 0.6) is 0 Å². The van der Waals surface area contributed by atoms with Gasteiger partial charge in [-0.05, 0) is 29.2 Å². The minimum atomic E-state index is 0.774. The largest absolute Gasteiger partial charge is 0.312 e. The Morgan fingerprint density at radius 1 is 1.31 bits per heavy atom. The lowest BCUT2D eigenvalue weighted by molar-refractivity contribution is 0.500. The van der Waals surface area contributed by atoms with E-state index in [-0.39, 0.29) is 0 Å². The first-order valence-corrected chi connectivity index (χ1v) is 6.31. The van der Waals surface area contributed by atoms with Gasteiger partial charge in [-0.1, -0.05) is 38.5 Å². The Morgan fingerprint density at radius 3 is 2.94 bits per heavy atom. The number of nitrogens with one attached hydrogen (secondary N) is 2. The zero-order chi connectivity index (χ0) is 11.4. The SMILES string of the molecule is CCC(C)CNCc1ccc2c(c1)CNC2. The molecule has 1 aromatic rings. The van der Waals surface area contributed by atoms with Gasteiger partial charge in [0.2, 0.25) is 0 Å². The molecule has 0 saturated carbocycles. The molecule has 2 rings (SSSR count). The van der Waals surface area contributed by atoms with E-state index in [1.165, 1.54) is 23.1 Å². The zero-order valence-electron chi connectivity index (χ0n) is 10.3. The van der Waals surface area contributed by atoms with Gasteiger partial charge in [-0.25, -0.2) is 0 Å². The molecule has 0 amide bonds. The Balaban J connectivity index is 1.86. The zero-order valence-corrected chi connectivity index (χ0v) is 10.3. The molecule has 1 heterocycles. The van der Waals surface area contributed by atoms with Crippen molar-refractivity contribution in [2.24, 2.45) is 5.92 Å². The van der Waals surface area contributed by atoms with Crippen LogP contribution in [0.2, 0.25) is 0 Å². The number of benzene rings is 1. The summed E-state index contributed by atoms with van der Waals surface area (Å²) in [6, 6.07) is 6.84. The summed E-state index contributed by atoms with van der Waals surface area (Å²) in [6.45, 7) is 8.72. The molecule has 2 N–H and O–H groups in total. The van der Waals surface area contributed by atoms with E-state index < -0.39 is 0 Å². The summed E-state index contributed by atoms with van der Waals surface area (Å²) in [5.41, 5.74) is 4.35. The van der Waals surface area contributed by atoms with Crippen molar-refractivity contribution >= 4 is 0 Å². The van der Waals surface area contributed by atoms with Crippen molar-refractivity contribution in [1.29, 1.82) is 0 Å². The van der Waals surface area contributed by atoms with Crippen molar-refractivity contribution < 1.29 is 0 Å². The molecule has 0 radical (unpaired) electrons. The van der Waals surface area contributed by atoms with E-state index in [2.05, 4.69) is 42.7 Å². The van der Waals surface area contributed by atoms with Crippen LogP contribution >= 0.6 is 0 Å². The highest BCUT2D eigenvalue weighted by Gasteiger charge is 2.09. The summed E-state index contributed by atoms with van der Waals surface area (Å²) in [7, 11) is 0. The topological polar surface area (TPSA) is 24.1 Å². The Kier molecular flexibility index (Phi) is 3.97. The monoisotopic (exact) mass is 218 g/mol. The highest BCUT2D eigenvalue weighted by molar-refractivity contribution is 5.34. The lowest BCUT2D eigenvalue weighted by Crippen LogP contribution is -2.20. The predicted molar refractivity (Wildman–Crippen MR) is 68.1 cm³/mol. The molecule has 0 saturated heterocycles. The summed E-state index contributed by atoms with van der Waals surface area (Å²) < 4.78 is 0. The molecule has 0 fully saturated rings. The van der Waals surface area contributed by atoms with Gasteiger partial charge in [0.25, 0.3) is 0 Å². The quantitative estimate of drug-likeness (QED) is 0.793. The van der Waals surface area contributed by atoms with Gasteiger partial charge in [-0.3, -0.25) is 0 Å². The second-order valence-corrected chi connectivity index (χ2v) is 4.85. The molecule has 0 bridgehead atoms. The molecule has 0 aromatic heterocycles. The van der Waals surface area contributed by atoms with E-state index in [4.69, 9.17) is 0 Å². The summed E-state index contributed by atoms with van der Waals surface area (Å²) in [5.74, 6) is 0.774. The van der Waals surface area contributed by atoms with Crippen LogP contribution in [0.1, 0.15) is 37.0 Å². The van der Waals surface area contributed by atoms with Crippen LogP contribution in [0.15, 0.2) is 18.2 Å². The summed E-state index contributed by atoms with van der Waals surface area (Å²) >= 11 is 0. The van der Waals surface area contributed by atoms with Crippen molar-refractivity contribution in [1.82, 2.24) is 10.6 Å². The smallest absolute Gasteiger partial charge is 0.0212 e. The molecular weight excluding hydrogens is 196 g/mol. The van der Waals surface area contributed by atoms with Crippen LogP contribution in [0.3, 0.4) is 0 Å². The summed E-state index contributed by atoms with van der Waals surface area (Å²) in [5, 5.41) is 6.90. The first-order chi connectivity index (χ1) is 7.79.